The summed E-state index contributed by atoms with van der Waals surface area (Å²) in [5.74, 6) is -3.70. The third kappa shape index (κ3) is 3.84. The van der Waals surface area contributed by atoms with Crippen molar-refractivity contribution >= 4 is 39.9 Å². The fourth-order valence-corrected chi connectivity index (χ4v) is 2.57. The van der Waals surface area contributed by atoms with E-state index in [9.17, 15) is 14.1 Å². The standard InChI is InChI=1S/C7H6FIO6P2/c8-4-2-1-3-5(9)6(4)7(10,14-16-11)15-17(12)13/h1-3,10-11,16H/p+1. The van der Waals surface area contributed by atoms with Gasteiger partial charge in [0, 0.05) is 8.14 Å². The maximum atomic E-state index is 13.5. The molecule has 1 aromatic rings. The Bertz CT molecular complexity index is 413. The molecule has 0 heterocycles. The van der Waals surface area contributed by atoms with E-state index in [-0.39, 0.29) is 3.57 Å². The zero-order valence-corrected chi connectivity index (χ0v) is 12.1. The predicted molar refractivity (Wildman–Crippen MR) is 65.5 cm³/mol. The molecule has 0 aromatic heterocycles. The summed E-state index contributed by atoms with van der Waals surface area (Å²) in [5.41, 5.74) is -0.473. The highest BCUT2D eigenvalue weighted by Gasteiger charge is 2.45. The first-order valence-electron chi connectivity index (χ1n) is 4.00. The smallest absolute Gasteiger partial charge is 0.352 e. The normalized spacial score (nSPS) is 16.2. The highest BCUT2D eigenvalue weighted by molar-refractivity contribution is 14.1. The van der Waals surface area contributed by atoms with Gasteiger partial charge >= 0.3 is 14.2 Å². The van der Waals surface area contributed by atoms with Crippen molar-refractivity contribution in [2.45, 2.75) is 5.97 Å². The van der Waals surface area contributed by atoms with Crippen molar-refractivity contribution in [3.8, 4) is 0 Å². The first-order valence-corrected chi connectivity index (χ1v) is 7.06. The molecule has 0 bridgehead atoms. The molecule has 0 fully saturated rings. The number of rotatable bonds is 5. The minimum atomic E-state index is -3.25. The Morgan fingerprint density at radius 2 is 2.18 bits per heavy atom. The summed E-state index contributed by atoms with van der Waals surface area (Å²) in [5, 5.41) is 9.83. The van der Waals surface area contributed by atoms with Crippen LogP contribution in [0.5, 0.6) is 0 Å². The molecule has 1 rings (SSSR count). The van der Waals surface area contributed by atoms with Crippen LogP contribution in [-0.4, -0.2) is 14.9 Å². The molecule has 3 atom stereocenters. The first kappa shape index (κ1) is 15.3. The fourth-order valence-electron chi connectivity index (χ4n) is 1.08. The molecule has 1 aromatic carbocycles. The molecule has 0 aliphatic heterocycles. The van der Waals surface area contributed by atoms with Gasteiger partial charge < -0.3 is 10.00 Å². The third-order valence-corrected chi connectivity index (χ3v) is 3.34. The van der Waals surface area contributed by atoms with Crippen molar-refractivity contribution in [3.63, 3.8) is 0 Å². The van der Waals surface area contributed by atoms with Gasteiger partial charge in [-0.05, 0) is 39.2 Å². The first-order chi connectivity index (χ1) is 7.90. The molecular weight excluding hydrogens is 388 g/mol. The number of hydrogen-bond acceptors (Lipinski definition) is 5. The average Bonchev–Trinajstić information content (AvgIpc) is 2.15. The molecule has 6 nitrogen and oxygen atoms in total. The monoisotopic (exact) mass is 395 g/mol. The van der Waals surface area contributed by atoms with Crippen LogP contribution in [0.1, 0.15) is 5.56 Å². The van der Waals surface area contributed by atoms with E-state index in [1.807, 2.05) is 0 Å². The van der Waals surface area contributed by atoms with E-state index in [4.69, 9.17) is 9.79 Å². The minimum absolute atomic E-state index is 0.209. The van der Waals surface area contributed by atoms with Gasteiger partial charge in [-0.25, -0.2) is 4.39 Å². The van der Waals surface area contributed by atoms with Crippen LogP contribution in [0.15, 0.2) is 18.2 Å². The predicted octanol–water partition coefficient (Wildman–Crippen LogP) is 1.72. The second-order valence-electron chi connectivity index (χ2n) is 2.70. The summed E-state index contributed by atoms with van der Waals surface area (Å²) in [7, 11) is -4.51. The second kappa shape index (κ2) is 6.40. The lowest BCUT2D eigenvalue weighted by Crippen LogP contribution is -2.30. The summed E-state index contributed by atoms with van der Waals surface area (Å²) in [4.78, 5) is 17.2. The summed E-state index contributed by atoms with van der Waals surface area (Å²) in [6, 6.07) is 3.82. The van der Waals surface area contributed by atoms with Gasteiger partial charge in [0.1, 0.15) is 5.82 Å². The molecule has 0 amide bonds. The van der Waals surface area contributed by atoms with Gasteiger partial charge in [0.05, 0.1) is 5.56 Å². The Hall–Kier alpha value is 0.210. The molecule has 10 heteroatoms. The number of halogens is 2. The maximum absolute atomic E-state index is 13.5. The second-order valence-corrected chi connectivity index (χ2v) is 4.91. The van der Waals surface area contributed by atoms with Crippen LogP contribution in [0.2, 0.25) is 0 Å². The van der Waals surface area contributed by atoms with E-state index in [1.165, 1.54) is 12.1 Å². The summed E-state index contributed by atoms with van der Waals surface area (Å²) in [6.07, 6.45) is 0. The van der Waals surface area contributed by atoms with E-state index in [0.29, 0.717) is 0 Å². The van der Waals surface area contributed by atoms with Crippen molar-refractivity contribution in [2.24, 2.45) is 0 Å². The minimum Gasteiger partial charge on any atom is -0.352 e. The van der Waals surface area contributed by atoms with E-state index in [2.05, 4.69) is 9.05 Å². The third-order valence-electron chi connectivity index (χ3n) is 1.66. The topological polar surface area (TPSA) is 96.2 Å². The van der Waals surface area contributed by atoms with Crippen LogP contribution in [-0.2, 0) is 19.6 Å². The highest BCUT2D eigenvalue weighted by atomic mass is 127. The summed E-state index contributed by atoms with van der Waals surface area (Å²) in [6.45, 7) is 0. The average molecular weight is 395 g/mol. The van der Waals surface area contributed by atoms with Gasteiger partial charge in [-0.15, -0.1) is 4.89 Å². The van der Waals surface area contributed by atoms with Gasteiger partial charge in [-0.3, -0.25) is 4.52 Å². The lowest BCUT2D eigenvalue weighted by molar-refractivity contribution is -0.284. The van der Waals surface area contributed by atoms with E-state index in [1.54, 1.807) is 22.6 Å². The van der Waals surface area contributed by atoms with Gasteiger partial charge in [0.25, 0.3) is 0 Å². The van der Waals surface area contributed by atoms with Crippen molar-refractivity contribution in [2.75, 3.05) is 0 Å². The quantitative estimate of drug-likeness (QED) is 0.399. The molecule has 0 saturated carbocycles. The van der Waals surface area contributed by atoms with Crippen LogP contribution in [0, 0.1) is 9.39 Å². The molecular formula is C7H7FIO6P2+. The van der Waals surface area contributed by atoms with E-state index in [0.717, 1.165) is 6.07 Å². The van der Waals surface area contributed by atoms with E-state index >= 15 is 0 Å². The maximum Gasteiger partial charge on any atom is 0.700 e. The van der Waals surface area contributed by atoms with Crippen LogP contribution in [0.3, 0.4) is 0 Å². The Morgan fingerprint density at radius 1 is 1.53 bits per heavy atom. The molecule has 94 valence electrons. The summed E-state index contributed by atoms with van der Waals surface area (Å²) < 4.78 is 33.0. The largest absolute Gasteiger partial charge is 0.700 e. The van der Waals surface area contributed by atoms with Crippen molar-refractivity contribution in [3.05, 3.63) is 33.1 Å². The molecule has 0 aliphatic rings. The van der Waals surface area contributed by atoms with Crippen molar-refractivity contribution in [1.82, 2.24) is 0 Å². The lowest BCUT2D eigenvalue weighted by Gasteiger charge is -2.21. The molecule has 17 heavy (non-hydrogen) atoms. The Kier molecular flexibility index (Phi) is 5.75. The number of benzene rings is 1. The van der Waals surface area contributed by atoms with Gasteiger partial charge in [-0.1, -0.05) is 6.07 Å². The van der Waals surface area contributed by atoms with Gasteiger partial charge in [0.15, 0.2) is 9.03 Å². The lowest BCUT2D eigenvalue weighted by atomic mass is 10.2. The SMILES string of the molecule is O=[P+](O)OC(O)(OPO)c1c(F)cccc1I. The zero-order chi connectivity index (χ0) is 13.1. The van der Waals surface area contributed by atoms with Crippen LogP contribution in [0.4, 0.5) is 4.39 Å². The number of aliphatic hydroxyl groups is 1. The van der Waals surface area contributed by atoms with E-state index < -0.39 is 34.6 Å². The zero-order valence-electron chi connectivity index (χ0n) is 8.00. The fraction of sp³-hybridized carbons (Fsp3) is 0.143. The van der Waals surface area contributed by atoms with Crippen molar-refractivity contribution < 1.29 is 32.9 Å². The summed E-state index contributed by atoms with van der Waals surface area (Å²) >= 11 is 1.68. The molecule has 3 unspecified atom stereocenters. The van der Waals surface area contributed by atoms with Gasteiger partial charge in [0.2, 0.25) is 0 Å². The van der Waals surface area contributed by atoms with Gasteiger partial charge in [-0.2, -0.15) is 0 Å². The molecule has 0 spiro atoms. The van der Waals surface area contributed by atoms with Crippen molar-refractivity contribution in [1.29, 1.82) is 0 Å². The molecule has 0 aliphatic carbocycles. The van der Waals surface area contributed by atoms with Crippen LogP contribution in [0.25, 0.3) is 0 Å². The van der Waals surface area contributed by atoms with Crippen LogP contribution >= 0.6 is 39.9 Å². The number of hydrogen-bond donors (Lipinski definition) is 3. The Morgan fingerprint density at radius 3 is 2.65 bits per heavy atom. The molecule has 0 radical (unpaired) electrons. The Labute approximate surface area is 112 Å². The molecule has 0 saturated heterocycles. The van der Waals surface area contributed by atoms with Crippen LogP contribution < -0.4 is 0 Å². The Balaban J connectivity index is 3.26. The molecule has 3 N–H and O–H groups in total. The highest BCUT2D eigenvalue weighted by Crippen LogP contribution is 2.40.